The molecular formula is C8H16FN3O. The molecule has 0 bridgehead atoms. The van der Waals surface area contributed by atoms with Crippen LogP contribution < -0.4 is 16.4 Å². The van der Waals surface area contributed by atoms with Gasteiger partial charge in [0.05, 0.1) is 6.04 Å². The average molecular weight is 189 g/mol. The maximum atomic E-state index is 12.7. The van der Waals surface area contributed by atoms with Crippen molar-refractivity contribution in [1.29, 1.82) is 0 Å². The van der Waals surface area contributed by atoms with Crippen molar-refractivity contribution in [3.8, 4) is 0 Å². The first-order valence-electron chi connectivity index (χ1n) is 4.51. The van der Waals surface area contributed by atoms with Gasteiger partial charge in [-0.2, -0.15) is 0 Å². The maximum Gasteiger partial charge on any atom is 0.237 e. The van der Waals surface area contributed by atoms with Crippen LogP contribution in [0.5, 0.6) is 0 Å². The van der Waals surface area contributed by atoms with Crippen LogP contribution in [0.15, 0.2) is 0 Å². The third-order valence-electron chi connectivity index (χ3n) is 2.14. The van der Waals surface area contributed by atoms with E-state index in [4.69, 9.17) is 5.73 Å². The molecule has 1 fully saturated rings. The van der Waals surface area contributed by atoms with Gasteiger partial charge in [0.2, 0.25) is 5.91 Å². The minimum Gasteiger partial charge on any atom is -0.351 e. The Hall–Kier alpha value is -0.680. The van der Waals surface area contributed by atoms with Crippen LogP contribution in [0.1, 0.15) is 13.3 Å². The van der Waals surface area contributed by atoms with Gasteiger partial charge in [0.15, 0.2) is 0 Å². The highest BCUT2D eigenvalue weighted by molar-refractivity contribution is 5.82. The van der Waals surface area contributed by atoms with E-state index in [-0.39, 0.29) is 31.0 Å². The molecule has 3 atom stereocenters. The molecule has 0 spiro atoms. The van der Waals surface area contributed by atoms with Gasteiger partial charge in [-0.05, 0) is 6.92 Å². The van der Waals surface area contributed by atoms with E-state index in [0.29, 0.717) is 6.54 Å². The van der Waals surface area contributed by atoms with E-state index in [0.717, 1.165) is 0 Å². The fourth-order valence-electron chi connectivity index (χ4n) is 1.29. The highest BCUT2D eigenvalue weighted by atomic mass is 19.1. The number of nitrogens with two attached hydrogens (primary N) is 1. The van der Waals surface area contributed by atoms with Crippen molar-refractivity contribution in [3.05, 3.63) is 0 Å². The highest BCUT2D eigenvalue weighted by Gasteiger charge is 2.29. The van der Waals surface area contributed by atoms with Crippen LogP contribution in [0.3, 0.4) is 0 Å². The summed E-state index contributed by atoms with van der Waals surface area (Å²) in [7, 11) is 0. The number of carbonyl (C=O) groups excluding carboxylic acids is 1. The highest BCUT2D eigenvalue weighted by Crippen LogP contribution is 2.09. The van der Waals surface area contributed by atoms with E-state index in [1.165, 1.54) is 0 Å². The molecule has 0 aromatic rings. The number of rotatable bonds is 3. The largest absolute Gasteiger partial charge is 0.351 e. The van der Waals surface area contributed by atoms with E-state index < -0.39 is 6.17 Å². The Labute approximate surface area is 77.1 Å². The van der Waals surface area contributed by atoms with Crippen LogP contribution in [-0.4, -0.2) is 37.3 Å². The van der Waals surface area contributed by atoms with Crippen LogP contribution in [0.25, 0.3) is 0 Å². The molecule has 1 aliphatic rings. The number of hydrogen-bond donors (Lipinski definition) is 3. The summed E-state index contributed by atoms with van der Waals surface area (Å²) >= 11 is 0. The summed E-state index contributed by atoms with van der Waals surface area (Å²) in [6, 6.07) is -0.433. The van der Waals surface area contributed by atoms with Crippen molar-refractivity contribution in [2.45, 2.75) is 31.6 Å². The molecule has 1 saturated heterocycles. The molecule has 1 heterocycles. The van der Waals surface area contributed by atoms with Gasteiger partial charge in [-0.1, -0.05) is 0 Å². The predicted octanol–water partition coefficient (Wildman–Crippen LogP) is -0.850. The molecule has 76 valence electrons. The van der Waals surface area contributed by atoms with Crippen LogP contribution in [-0.2, 0) is 4.79 Å². The molecule has 0 aromatic heterocycles. The molecule has 5 heteroatoms. The van der Waals surface area contributed by atoms with Crippen molar-refractivity contribution in [1.82, 2.24) is 10.6 Å². The van der Waals surface area contributed by atoms with Gasteiger partial charge in [-0.3, -0.25) is 4.79 Å². The fourth-order valence-corrected chi connectivity index (χ4v) is 1.29. The minimum absolute atomic E-state index is 0.0482. The lowest BCUT2D eigenvalue weighted by Gasteiger charge is -2.15. The lowest BCUT2D eigenvalue weighted by molar-refractivity contribution is -0.123. The third kappa shape index (κ3) is 2.93. The fraction of sp³-hybridized carbons (Fsp3) is 0.875. The maximum absolute atomic E-state index is 12.7. The summed E-state index contributed by atoms with van der Waals surface area (Å²) < 4.78 is 12.7. The van der Waals surface area contributed by atoms with Gasteiger partial charge >= 0.3 is 0 Å². The first-order valence-corrected chi connectivity index (χ1v) is 4.51. The van der Waals surface area contributed by atoms with Crippen LogP contribution in [0.2, 0.25) is 0 Å². The number of alkyl halides is 1. The summed E-state index contributed by atoms with van der Waals surface area (Å²) in [4.78, 5) is 11.4. The first kappa shape index (κ1) is 10.4. The van der Waals surface area contributed by atoms with Gasteiger partial charge in [-0.25, -0.2) is 4.39 Å². The third-order valence-corrected chi connectivity index (χ3v) is 2.14. The minimum atomic E-state index is -0.899. The smallest absolute Gasteiger partial charge is 0.237 e. The van der Waals surface area contributed by atoms with E-state index in [9.17, 15) is 9.18 Å². The molecule has 0 radical (unpaired) electrons. The molecule has 1 amide bonds. The van der Waals surface area contributed by atoms with Crippen LogP contribution in [0, 0.1) is 0 Å². The zero-order valence-electron chi connectivity index (χ0n) is 7.72. The Kier molecular flexibility index (Phi) is 3.62. The van der Waals surface area contributed by atoms with Crippen molar-refractivity contribution in [3.63, 3.8) is 0 Å². The van der Waals surface area contributed by atoms with Gasteiger partial charge in [-0.15, -0.1) is 0 Å². The first-order chi connectivity index (χ1) is 6.13. The van der Waals surface area contributed by atoms with Crippen molar-refractivity contribution in [2.24, 2.45) is 5.73 Å². The lowest BCUT2D eigenvalue weighted by atomic mass is 10.2. The van der Waals surface area contributed by atoms with Crippen molar-refractivity contribution < 1.29 is 9.18 Å². The second kappa shape index (κ2) is 4.53. The lowest BCUT2D eigenvalue weighted by Crippen LogP contribution is -2.46. The Bertz CT molecular complexity index is 188. The SMILES string of the molecule is C[C@@H](CN)NC(=O)[C@H]1C[C@H](F)CN1. The topological polar surface area (TPSA) is 67.1 Å². The Morgan fingerprint density at radius 1 is 1.85 bits per heavy atom. The van der Waals surface area contributed by atoms with E-state index in [1.807, 2.05) is 6.92 Å². The van der Waals surface area contributed by atoms with Crippen LogP contribution >= 0.6 is 0 Å². The Morgan fingerprint density at radius 3 is 3.00 bits per heavy atom. The molecule has 13 heavy (non-hydrogen) atoms. The zero-order chi connectivity index (χ0) is 9.84. The summed E-state index contributed by atoms with van der Waals surface area (Å²) in [5.41, 5.74) is 5.34. The summed E-state index contributed by atoms with van der Waals surface area (Å²) in [5.74, 6) is -0.155. The average Bonchev–Trinajstić information content (AvgIpc) is 2.51. The monoisotopic (exact) mass is 189 g/mol. The van der Waals surface area contributed by atoms with Crippen molar-refractivity contribution >= 4 is 5.91 Å². The molecule has 0 saturated carbocycles. The van der Waals surface area contributed by atoms with Crippen molar-refractivity contribution in [2.75, 3.05) is 13.1 Å². The number of halogens is 1. The number of hydrogen-bond acceptors (Lipinski definition) is 3. The molecule has 0 aliphatic carbocycles. The zero-order valence-corrected chi connectivity index (χ0v) is 7.72. The van der Waals surface area contributed by atoms with Gasteiger partial charge in [0.1, 0.15) is 6.17 Å². The van der Waals surface area contributed by atoms with Gasteiger partial charge in [0.25, 0.3) is 0 Å². The number of carbonyl (C=O) groups is 1. The second-order valence-corrected chi connectivity index (χ2v) is 3.44. The summed E-state index contributed by atoms with van der Waals surface area (Å²) in [5, 5.41) is 5.51. The molecule has 4 nitrogen and oxygen atoms in total. The molecular weight excluding hydrogens is 173 g/mol. The quantitative estimate of drug-likeness (QED) is 0.542. The number of nitrogens with one attached hydrogen (secondary N) is 2. The van der Waals surface area contributed by atoms with E-state index >= 15 is 0 Å². The molecule has 0 aromatic carbocycles. The second-order valence-electron chi connectivity index (χ2n) is 3.44. The molecule has 1 rings (SSSR count). The standard InChI is InChI=1S/C8H16FN3O/c1-5(3-10)12-8(13)7-2-6(9)4-11-7/h5-7,11H,2-4,10H2,1H3,(H,12,13)/t5-,6-,7+/m0/s1. The Balaban J connectivity index is 2.31. The van der Waals surface area contributed by atoms with E-state index in [1.54, 1.807) is 0 Å². The van der Waals surface area contributed by atoms with Crippen LogP contribution in [0.4, 0.5) is 4.39 Å². The molecule has 4 N–H and O–H groups in total. The molecule has 1 aliphatic heterocycles. The Morgan fingerprint density at radius 2 is 2.54 bits per heavy atom. The normalized spacial score (nSPS) is 30.1. The summed E-state index contributed by atoms with van der Waals surface area (Å²) in [6.45, 7) is 2.49. The predicted molar refractivity (Wildman–Crippen MR) is 48.0 cm³/mol. The summed E-state index contributed by atoms with van der Waals surface area (Å²) in [6.07, 6.45) is -0.632. The van der Waals surface area contributed by atoms with E-state index in [2.05, 4.69) is 10.6 Å². The number of amides is 1. The molecule has 0 unspecified atom stereocenters. The van der Waals surface area contributed by atoms with Gasteiger partial charge in [0, 0.05) is 25.6 Å². The van der Waals surface area contributed by atoms with Gasteiger partial charge < -0.3 is 16.4 Å².